The standard InChI is InChI=1S/C17H24N4O.HI/c1-2-18-17(20-12-15-7-5-9-22-15)19-11-14-10-13-6-3-4-8-16(13)21-14;/h3-4,6,8,10,15,21H,2,5,7,9,11-12H2,1H3,(H2,18,19,20);1H. The van der Waals surface area contributed by atoms with Gasteiger partial charge in [0, 0.05) is 30.9 Å². The van der Waals surface area contributed by atoms with Gasteiger partial charge in [-0.2, -0.15) is 0 Å². The van der Waals surface area contributed by atoms with E-state index in [9.17, 15) is 0 Å². The number of nitrogens with one attached hydrogen (secondary N) is 3. The summed E-state index contributed by atoms with van der Waals surface area (Å²) in [6.07, 6.45) is 2.61. The third kappa shape index (κ3) is 5.10. The fourth-order valence-electron chi connectivity index (χ4n) is 2.74. The Bertz CT molecular complexity index is 601. The molecule has 0 saturated carbocycles. The van der Waals surface area contributed by atoms with Crippen molar-refractivity contribution in [2.45, 2.75) is 32.4 Å². The molecule has 1 saturated heterocycles. The van der Waals surface area contributed by atoms with Crippen molar-refractivity contribution in [3.8, 4) is 0 Å². The molecule has 3 N–H and O–H groups in total. The number of ether oxygens (including phenoxy) is 1. The highest BCUT2D eigenvalue weighted by Crippen LogP contribution is 2.15. The molecule has 0 aliphatic carbocycles. The van der Waals surface area contributed by atoms with E-state index in [0.29, 0.717) is 12.6 Å². The van der Waals surface area contributed by atoms with Crippen molar-refractivity contribution in [1.82, 2.24) is 15.6 Å². The van der Waals surface area contributed by atoms with Gasteiger partial charge in [0.05, 0.1) is 12.6 Å². The first-order chi connectivity index (χ1) is 10.8. The van der Waals surface area contributed by atoms with Crippen LogP contribution in [0.25, 0.3) is 10.9 Å². The van der Waals surface area contributed by atoms with Crippen molar-refractivity contribution in [3.05, 3.63) is 36.0 Å². The van der Waals surface area contributed by atoms with Crippen LogP contribution >= 0.6 is 24.0 Å². The molecule has 2 heterocycles. The van der Waals surface area contributed by atoms with Gasteiger partial charge in [-0.3, -0.25) is 0 Å². The molecule has 126 valence electrons. The summed E-state index contributed by atoms with van der Waals surface area (Å²) in [6.45, 7) is 5.26. The van der Waals surface area contributed by atoms with E-state index in [-0.39, 0.29) is 24.0 Å². The number of hydrogen-bond acceptors (Lipinski definition) is 2. The summed E-state index contributed by atoms with van der Waals surface area (Å²) in [5, 5.41) is 7.87. The molecule has 1 fully saturated rings. The van der Waals surface area contributed by atoms with E-state index in [4.69, 9.17) is 4.74 Å². The van der Waals surface area contributed by atoms with Gasteiger partial charge in [-0.15, -0.1) is 24.0 Å². The molecule has 0 spiro atoms. The molecule has 0 bridgehead atoms. The number of para-hydroxylation sites is 1. The normalized spacial score (nSPS) is 18.0. The molecule has 1 atom stereocenters. The minimum Gasteiger partial charge on any atom is -0.376 e. The largest absolute Gasteiger partial charge is 0.376 e. The number of halogens is 1. The number of aliphatic imine (C=N–C) groups is 1. The Balaban J connectivity index is 0.00000192. The monoisotopic (exact) mass is 428 g/mol. The van der Waals surface area contributed by atoms with Gasteiger partial charge >= 0.3 is 0 Å². The molecule has 3 rings (SSSR count). The Morgan fingerprint density at radius 2 is 2.22 bits per heavy atom. The highest BCUT2D eigenvalue weighted by Gasteiger charge is 2.15. The SMILES string of the molecule is CCNC(=NCc1cc2ccccc2[nH]1)NCC1CCCO1.I. The highest BCUT2D eigenvalue weighted by atomic mass is 127. The van der Waals surface area contributed by atoms with Crippen LogP contribution in [0.3, 0.4) is 0 Å². The first-order valence-electron chi connectivity index (χ1n) is 8.05. The smallest absolute Gasteiger partial charge is 0.191 e. The number of nitrogens with zero attached hydrogens (tertiary/aromatic N) is 1. The van der Waals surface area contributed by atoms with Crippen LogP contribution < -0.4 is 10.6 Å². The molecule has 1 unspecified atom stereocenters. The number of hydrogen-bond donors (Lipinski definition) is 3. The third-order valence-corrected chi connectivity index (χ3v) is 3.86. The Kier molecular flexibility index (Phi) is 7.16. The molecule has 1 aromatic heterocycles. The van der Waals surface area contributed by atoms with E-state index in [0.717, 1.165) is 49.7 Å². The fourth-order valence-corrected chi connectivity index (χ4v) is 2.74. The lowest BCUT2D eigenvalue weighted by molar-refractivity contribution is 0.114. The molecule has 1 aliphatic rings. The lowest BCUT2D eigenvalue weighted by Gasteiger charge is -2.14. The second-order valence-corrected chi connectivity index (χ2v) is 5.59. The average molecular weight is 428 g/mol. The van der Waals surface area contributed by atoms with Gasteiger partial charge in [0.15, 0.2) is 5.96 Å². The summed E-state index contributed by atoms with van der Waals surface area (Å²) in [6, 6.07) is 10.4. The third-order valence-electron chi connectivity index (χ3n) is 3.86. The quantitative estimate of drug-likeness (QED) is 0.390. The van der Waals surface area contributed by atoms with Crippen LogP contribution in [0.2, 0.25) is 0 Å². The number of aromatic nitrogens is 1. The summed E-state index contributed by atoms with van der Waals surface area (Å²) >= 11 is 0. The van der Waals surface area contributed by atoms with Gasteiger partial charge < -0.3 is 20.4 Å². The fraction of sp³-hybridized carbons (Fsp3) is 0.471. The zero-order valence-corrected chi connectivity index (χ0v) is 15.8. The molecule has 0 radical (unpaired) electrons. The topological polar surface area (TPSA) is 61.4 Å². The molecule has 0 amide bonds. The van der Waals surface area contributed by atoms with Gasteiger partial charge in [0.2, 0.25) is 0 Å². The summed E-state index contributed by atoms with van der Waals surface area (Å²) in [7, 11) is 0. The number of guanidine groups is 1. The average Bonchev–Trinajstić information content (AvgIpc) is 3.18. The molecule has 23 heavy (non-hydrogen) atoms. The maximum absolute atomic E-state index is 5.63. The molecule has 5 nitrogen and oxygen atoms in total. The van der Waals surface area contributed by atoms with Crippen LogP contribution in [0.15, 0.2) is 35.3 Å². The zero-order valence-electron chi connectivity index (χ0n) is 13.5. The van der Waals surface area contributed by atoms with Crippen molar-refractivity contribution in [2.24, 2.45) is 4.99 Å². The van der Waals surface area contributed by atoms with Crippen LogP contribution in [-0.2, 0) is 11.3 Å². The minimum atomic E-state index is 0. The van der Waals surface area contributed by atoms with Crippen molar-refractivity contribution < 1.29 is 4.74 Å². The number of fused-ring (bicyclic) bond motifs is 1. The molecule has 6 heteroatoms. The molecule has 2 aromatic rings. The van der Waals surface area contributed by atoms with Crippen LogP contribution in [0.5, 0.6) is 0 Å². The lowest BCUT2D eigenvalue weighted by Crippen LogP contribution is -2.41. The Morgan fingerprint density at radius 3 is 2.96 bits per heavy atom. The maximum atomic E-state index is 5.63. The van der Waals surface area contributed by atoms with Gasteiger partial charge in [-0.1, -0.05) is 18.2 Å². The van der Waals surface area contributed by atoms with Gasteiger partial charge in [-0.25, -0.2) is 4.99 Å². The maximum Gasteiger partial charge on any atom is 0.191 e. The van der Waals surface area contributed by atoms with E-state index in [1.54, 1.807) is 0 Å². The van der Waals surface area contributed by atoms with E-state index < -0.39 is 0 Å². The van der Waals surface area contributed by atoms with Gasteiger partial charge in [0.1, 0.15) is 0 Å². The van der Waals surface area contributed by atoms with Crippen LogP contribution in [0, 0.1) is 0 Å². The number of benzene rings is 1. The number of H-pyrrole nitrogens is 1. The molecular weight excluding hydrogens is 403 g/mol. The predicted molar refractivity (Wildman–Crippen MR) is 106 cm³/mol. The first-order valence-corrected chi connectivity index (χ1v) is 8.05. The van der Waals surface area contributed by atoms with Crippen LogP contribution in [0.4, 0.5) is 0 Å². The second kappa shape index (κ2) is 9.12. The van der Waals surface area contributed by atoms with E-state index >= 15 is 0 Å². The van der Waals surface area contributed by atoms with Crippen molar-refractivity contribution in [1.29, 1.82) is 0 Å². The van der Waals surface area contributed by atoms with Gasteiger partial charge in [-0.05, 0) is 37.3 Å². The number of rotatable bonds is 5. The zero-order chi connectivity index (χ0) is 15.2. The Morgan fingerprint density at radius 1 is 1.35 bits per heavy atom. The van der Waals surface area contributed by atoms with Crippen molar-refractivity contribution in [2.75, 3.05) is 19.7 Å². The van der Waals surface area contributed by atoms with Crippen molar-refractivity contribution >= 4 is 40.8 Å². The molecule has 1 aliphatic heterocycles. The Labute approximate surface area is 154 Å². The van der Waals surface area contributed by atoms with Crippen LogP contribution in [-0.4, -0.2) is 36.7 Å². The highest BCUT2D eigenvalue weighted by molar-refractivity contribution is 14.0. The van der Waals surface area contributed by atoms with Crippen LogP contribution in [0.1, 0.15) is 25.5 Å². The van der Waals surface area contributed by atoms with E-state index in [2.05, 4.69) is 51.8 Å². The molecular formula is C17H25IN4O. The summed E-state index contributed by atoms with van der Waals surface area (Å²) in [4.78, 5) is 8.05. The van der Waals surface area contributed by atoms with E-state index in [1.165, 1.54) is 5.39 Å². The minimum absolute atomic E-state index is 0. The summed E-state index contributed by atoms with van der Waals surface area (Å²) in [5.74, 6) is 0.844. The second-order valence-electron chi connectivity index (χ2n) is 5.59. The first kappa shape index (κ1) is 18.1. The van der Waals surface area contributed by atoms with Crippen molar-refractivity contribution in [3.63, 3.8) is 0 Å². The molecule has 1 aromatic carbocycles. The van der Waals surface area contributed by atoms with Gasteiger partial charge in [0.25, 0.3) is 0 Å². The van der Waals surface area contributed by atoms with E-state index in [1.807, 2.05) is 6.07 Å². The summed E-state index contributed by atoms with van der Waals surface area (Å²) in [5.41, 5.74) is 2.28. The lowest BCUT2D eigenvalue weighted by atomic mass is 10.2. The predicted octanol–water partition coefficient (Wildman–Crippen LogP) is 3.02. The Hall–Kier alpha value is -1.28. The number of aromatic amines is 1. The summed E-state index contributed by atoms with van der Waals surface area (Å²) < 4.78 is 5.63.